The Balaban J connectivity index is 2.40. The average Bonchev–Trinajstić information content (AvgIpc) is 2.76. The first kappa shape index (κ1) is 14.8. The summed E-state index contributed by atoms with van der Waals surface area (Å²) in [6, 6.07) is 3.65. The number of anilines is 1. The van der Waals surface area contributed by atoms with Crippen molar-refractivity contribution in [1.82, 2.24) is 15.5 Å². The Morgan fingerprint density at radius 1 is 1.35 bits per heavy atom. The number of sulfonamides is 1. The van der Waals surface area contributed by atoms with Gasteiger partial charge in [0, 0.05) is 6.54 Å². The quantitative estimate of drug-likeness (QED) is 0.873. The van der Waals surface area contributed by atoms with Crippen LogP contribution in [0.1, 0.15) is 10.6 Å². The highest BCUT2D eigenvalue weighted by atomic mass is 32.2. The smallest absolute Gasteiger partial charge is 0.264 e. The van der Waals surface area contributed by atoms with Crippen molar-refractivity contribution in [3.63, 3.8) is 0 Å². The summed E-state index contributed by atoms with van der Waals surface area (Å²) in [4.78, 5) is -0.111. The summed E-state index contributed by atoms with van der Waals surface area (Å²) in [6.45, 7) is 2.02. The van der Waals surface area contributed by atoms with Gasteiger partial charge in [0.15, 0.2) is 0 Å². The molecule has 0 amide bonds. The van der Waals surface area contributed by atoms with E-state index < -0.39 is 15.8 Å². The van der Waals surface area contributed by atoms with Crippen LogP contribution in [0.25, 0.3) is 0 Å². The molecule has 2 rings (SSSR count). The van der Waals surface area contributed by atoms with Crippen LogP contribution in [0.4, 0.5) is 9.52 Å². The molecule has 108 valence electrons. The highest BCUT2D eigenvalue weighted by Gasteiger charge is 2.20. The summed E-state index contributed by atoms with van der Waals surface area (Å²) in [5.74, 6) is -0.612. The Morgan fingerprint density at radius 3 is 2.70 bits per heavy atom. The lowest BCUT2D eigenvalue weighted by Gasteiger charge is -2.10. The van der Waals surface area contributed by atoms with E-state index in [0.29, 0.717) is 17.1 Å². The molecule has 0 unspecified atom stereocenters. The average molecular weight is 316 g/mol. The van der Waals surface area contributed by atoms with Crippen LogP contribution < -0.4 is 10.0 Å². The number of hydrogen-bond donors (Lipinski definition) is 2. The topological polar surface area (TPSA) is 84.0 Å². The Bertz CT molecular complexity index is 715. The molecule has 1 aromatic carbocycles. The predicted molar refractivity (Wildman–Crippen MR) is 74.6 cm³/mol. The normalized spacial score (nSPS) is 11.6. The van der Waals surface area contributed by atoms with Crippen LogP contribution in [0.5, 0.6) is 0 Å². The van der Waals surface area contributed by atoms with E-state index >= 15 is 0 Å². The molecule has 9 heteroatoms. The standard InChI is InChI=1S/C11H13FN4O2S2/c1-7-14-15-11(19-7)16-20(17,18)10-5-9(12)4-3-8(10)6-13-2/h3-5,13H,6H2,1-2H3,(H,15,16). The summed E-state index contributed by atoms with van der Waals surface area (Å²) >= 11 is 1.11. The van der Waals surface area contributed by atoms with E-state index in [9.17, 15) is 12.8 Å². The molecule has 0 radical (unpaired) electrons. The van der Waals surface area contributed by atoms with Gasteiger partial charge in [-0.05, 0) is 31.7 Å². The monoisotopic (exact) mass is 316 g/mol. The van der Waals surface area contributed by atoms with Crippen molar-refractivity contribution in [2.75, 3.05) is 11.8 Å². The number of benzene rings is 1. The van der Waals surface area contributed by atoms with Crippen LogP contribution >= 0.6 is 11.3 Å². The lowest BCUT2D eigenvalue weighted by atomic mass is 10.2. The molecule has 6 nitrogen and oxygen atoms in total. The molecule has 2 aromatic rings. The number of nitrogens with zero attached hydrogens (tertiary/aromatic N) is 2. The van der Waals surface area contributed by atoms with Gasteiger partial charge in [0.25, 0.3) is 10.0 Å². The number of aryl methyl sites for hydroxylation is 1. The van der Waals surface area contributed by atoms with Gasteiger partial charge >= 0.3 is 0 Å². The van der Waals surface area contributed by atoms with Gasteiger partial charge in [-0.25, -0.2) is 12.8 Å². The fraction of sp³-hybridized carbons (Fsp3) is 0.273. The molecule has 2 N–H and O–H groups in total. The van der Waals surface area contributed by atoms with Gasteiger partial charge in [-0.1, -0.05) is 17.4 Å². The van der Waals surface area contributed by atoms with E-state index in [0.717, 1.165) is 17.4 Å². The lowest BCUT2D eigenvalue weighted by molar-refractivity contribution is 0.592. The zero-order valence-corrected chi connectivity index (χ0v) is 12.5. The molecular formula is C11H13FN4O2S2. The van der Waals surface area contributed by atoms with Crippen molar-refractivity contribution < 1.29 is 12.8 Å². The highest BCUT2D eigenvalue weighted by Crippen LogP contribution is 2.22. The minimum atomic E-state index is -3.90. The van der Waals surface area contributed by atoms with Crippen LogP contribution in [-0.4, -0.2) is 25.7 Å². The number of halogens is 1. The van der Waals surface area contributed by atoms with E-state index in [-0.39, 0.29) is 10.0 Å². The summed E-state index contributed by atoms with van der Waals surface area (Å²) in [6.07, 6.45) is 0. The van der Waals surface area contributed by atoms with Crippen LogP contribution in [0.3, 0.4) is 0 Å². The molecule has 0 saturated carbocycles. The van der Waals surface area contributed by atoms with E-state index in [2.05, 4.69) is 20.2 Å². The summed E-state index contributed by atoms with van der Waals surface area (Å²) in [5.41, 5.74) is 0.475. The van der Waals surface area contributed by atoms with Gasteiger partial charge in [-0.15, -0.1) is 10.2 Å². The van der Waals surface area contributed by atoms with Crippen LogP contribution in [0.15, 0.2) is 23.1 Å². The Hall–Kier alpha value is -1.58. The maximum atomic E-state index is 13.3. The number of hydrogen-bond acceptors (Lipinski definition) is 6. The molecule has 0 saturated heterocycles. The second kappa shape index (κ2) is 5.81. The van der Waals surface area contributed by atoms with Gasteiger partial charge in [0.1, 0.15) is 10.8 Å². The number of aromatic nitrogens is 2. The summed E-state index contributed by atoms with van der Waals surface area (Å²) in [5, 5.41) is 11.1. The molecule has 1 heterocycles. The molecule has 0 atom stereocenters. The molecule has 0 bridgehead atoms. The van der Waals surface area contributed by atoms with Gasteiger partial charge in [-0.3, -0.25) is 4.72 Å². The molecule has 1 aromatic heterocycles. The first-order valence-corrected chi connectivity index (χ1v) is 7.98. The van der Waals surface area contributed by atoms with Gasteiger partial charge < -0.3 is 5.32 Å². The third-order valence-electron chi connectivity index (χ3n) is 2.43. The minimum absolute atomic E-state index is 0.111. The third-order valence-corrected chi connectivity index (χ3v) is 4.74. The zero-order valence-electron chi connectivity index (χ0n) is 10.8. The fourth-order valence-electron chi connectivity index (χ4n) is 1.62. The van der Waals surface area contributed by atoms with Gasteiger partial charge in [-0.2, -0.15) is 0 Å². The Labute approximate surface area is 120 Å². The van der Waals surface area contributed by atoms with Crippen molar-refractivity contribution in [3.05, 3.63) is 34.6 Å². The summed E-state index contributed by atoms with van der Waals surface area (Å²) in [7, 11) is -2.22. The molecule has 0 aliphatic carbocycles. The molecular weight excluding hydrogens is 303 g/mol. The van der Waals surface area contributed by atoms with Crippen molar-refractivity contribution in [2.45, 2.75) is 18.4 Å². The first-order chi connectivity index (χ1) is 9.42. The van der Waals surface area contributed by atoms with Crippen molar-refractivity contribution in [2.24, 2.45) is 0 Å². The van der Waals surface area contributed by atoms with Gasteiger partial charge in [0.05, 0.1) is 4.90 Å². The Kier molecular flexibility index (Phi) is 4.31. The van der Waals surface area contributed by atoms with Crippen molar-refractivity contribution >= 4 is 26.5 Å². The van der Waals surface area contributed by atoms with Crippen molar-refractivity contribution in [3.8, 4) is 0 Å². The van der Waals surface area contributed by atoms with Crippen LogP contribution in [0, 0.1) is 12.7 Å². The number of nitrogens with one attached hydrogen (secondary N) is 2. The SMILES string of the molecule is CNCc1ccc(F)cc1S(=O)(=O)Nc1nnc(C)s1. The molecule has 0 aliphatic heterocycles. The molecule has 0 fully saturated rings. The van der Waals surface area contributed by atoms with Crippen LogP contribution in [0.2, 0.25) is 0 Å². The largest absolute Gasteiger partial charge is 0.316 e. The lowest BCUT2D eigenvalue weighted by Crippen LogP contribution is -2.17. The maximum Gasteiger partial charge on any atom is 0.264 e. The Morgan fingerprint density at radius 2 is 2.10 bits per heavy atom. The van der Waals surface area contributed by atoms with Gasteiger partial charge in [0.2, 0.25) is 5.13 Å². The fourth-order valence-corrected chi connectivity index (χ4v) is 3.70. The second-order valence-electron chi connectivity index (χ2n) is 4.01. The molecule has 0 aliphatic rings. The third kappa shape index (κ3) is 3.30. The van der Waals surface area contributed by atoms with Crippen LogP contribution in [-0.2, 0) is 16.6 Å². The highest BCUT2D eigenvalue weighted by molar-refractivity contribution is 7.93. The molecule has 0 spiro atoms. The summed E-state index contributed by atoms with van der Waals surface area (Å²) < 4.78 is 40.2. The molecule has 20 heavy (non-hydrogen) atoms. The minimum Gasteiger partial charge on any atom is -0.316 e. The van der Waals surface area contributed by atoms with E-state index in [1.54, 1.807) is 14.0 Å². The van der Waals surface area contributed by atoms with Crippen molar-refractivity contribution in [1.29, 1.82) is 0 Å². The zero-order chi connectivity index (χ0) is 14.8. The second-order valence-corrected chi connectivity index (χ2v) is 6.85. The van der Waals surface area contributed by atoms with E-state index in [4.69, 9.17) is 0 Å². The van der Waals surface area contributed by atoms with E-state index in [1.165, 1.54) is 12.1 Å². The predicted octanol–water partition coefficient (Wildman–Crippen LogP) is 1.51. The first-order valence-electron chi connectivity index (χ1n) is 5.68. The van der Waals surface area contributed by atoms with E-state index in [1.807, 2.05) is 0 Å². The number of rotatable bonds is 5. The maximum absolute atomic E-state index is 13.3.